The van der Waals surface area contributed by atoms with Crippen LogP contribution in [-0.4, -0.2) is 40.6 Å². The van der Waals surface area contributed by atoms with Gasteiger partial charge in [-0.1, -0.05) is 25.1 Å². The molecule has 1 saturated heterocycles. The van der Waals surface area contributed by atoms with Crippen LogP contribution in [0.4, 0.5) is 0 Å². The van der Waals surface area contributed by atoms with E-state index in [2.05, 4.69) is 34.8 Å². The SMILES string of the molecule is CCC(CSc1ccccc1)NC(=O)c1ccn(C2CCCNC2)n1. The molecule has 0 aliphatic carbocycles. The normalized spacial score (nSPS) is 18.7. The molecule has 2 unspecified atom stereocenters. The van der Waals surface area contributed by atoms with E-state index in [0.717, 1.165) is 38.1 Å². The number of aromatic nitrogens is 2. The van der Waals surface area contributed by atoms with Crippen LogP contribution in [0.2, 0.25) is 0 Å². The largest absolute Gasteiger partial charge is 0.347 e. The van der Waals surface area contributed by atoms with Gasteiger partial charge in [-0.3, -0.25) is 9.48 Å². The standard InChI is InChI=1S/C19H26N4OS/c1-2-15(14-25-17-8-4-3-5-9-17)21-19(24)18-10-12-23(22-18)16-7-6-11-20-13-16/h3-5,8-10,12,15-16,20H,2,6-7,11,13-14H2,1H3,(H,21,24). The van der Waals surface area contributed by atoms with Gasteiger partial charge in [-0.25, -0.2) is 0 Å². The quantitative estimate of drug-likeness (QED) is 0.747. The number of hydrogen-bond donors (Lipinski definition) is 2. The van der Waals surface area contributed by atoms with E-state index in [9.17, 15) is 4.79 Å². The van der Waals surface area contributed by atoms with E-state index in [4.69, 9.17) is 0 Å². The summed E-state index contributed by atoms with van der Waals surface area (Å²) in [5.74, 6) is 0.780. The van der Waals surface area contributed by atoms with Crippen molar-refractivity contribution >= 4 is 17.7 Å². The van der Waals surface area contributed by atoms with Gasteiger partial charge in [0, 0.05) is 29.4 Å². The highest BCUT2D eigenvalue weighted by Gasteiger charge is 2.19. The molecule has 134 valence electrons. The highest BCUT2D eigenvalue weighted by molar-refractivity contribution is 7.99. The summed E-state index contributed by atoms with van der Waals surface area (Å²) in [6.45, 7) is 4.10. The molecule has 2 N–H and O–H groups in total. The molecule has 0 radical (unpaired) electrons. The number of amides is 1. The number of rotatable bonds is 7. The molecule has 5 nitrogen and oxygen atoms in total. The van der Waals surface area contributed by atoms with Crippen molar-refractivity contribution in [2.75, 3.05) is 18.8 Å². The van der Waals surface area contributed by atoms with Gasteiger partial charge in [-0.2, -0.15) is 5.10 Å². The average molecular weight is 359 g/mol. The number of carbonyl (C=O) groups is 1. The molecule has 1 aromatic heterocycles. The molecular formula is C19H26N4OS. The number of benzene rings is 1. The van der Waals surface area contributed by atoms with Crippen LogP contribution >= 0.6 is 11.8 Å². The van der Waals surface area contributed by atoms with Gasteiger partial charge in [0.15, 0.2) is 0 Å². The highest BCUT2D eigenvalue weighted by Crippen LogP contribution is 2.19. The molecule has 2 aromatic rings. The maximum atomic E-state index is 12.5. The molecule has 1 aliphatic heterocycles. The van der Waals surface area contributed by atoms with Crippen molar-refractivity contribution in [1.29, 1.82) is 0 Å². The molecule has 2 heterocycles. The second kappa shape index (κ2) is 9.06. The number of piperidine rings is 1. The van der Waals surface area contributed by atoms with E-state index in [1.165, 1.54) is 4.90 Å². The van der Waals surface area contributed by atoms with Crippen molar-refractivity contribution in [2.24, 2.45) is 0 Å². The van der Waals surface area contributed by atoms with Crippen molar-refractivity contribution in [3.63, 3.8) is 0 Å². The van der Waals surface area contributed by atoms with E-state index in [1.807, 2.05) is 35.1 Å². The summed E-state index contributed by atoms with van der Waals surface area (Å²) in [5.41, 5.74) is 0.508. The molecule has 2 atom stereocenters. The van der Waals surface area contributed by atoms with Gasteiger partial charge in [0.25, 0.3) is 5.91 Å². The number of nitrogens with one attached hydrogen (secondary N) is 2. The Balaban J connectivity index is 1.54. The summed E-state index contributed by atoms with van der Waals surface area (Å²) < 4.78 is 1.93. The predicted octanol–water partition coefficient (Wildman–Crippen LogP) is 3.11. The van der Waals surface area contributed by atoms with Crippen LogP contribution < -0.4 is 10.6 Å². The molecule has 0 spiro atoms. The summed E-state index contributed by atoms with van der Waals surface area (Å²) in [4.78, 5) is 13.7. The molecule has 1 amide bonds. The Bertz CT molecular complexity index is 667. The molecule has 1 aliphatic rings. The van der Waals surface area contributed by atoms with Crippen LogP contribution in [0.15, 0.2) is 47.5 Å². The van der Waals surface area contributed by atoms with Gasteiger partial charge in [-0.15, -0.1) is 11.8 Å². The Kier molecular flexibility index (Phi) is 6.53. The zero-order valence-corrected chi connectivity index (χ0v) is 15.5. The topological polar surface area (TPSA) is 59.0 Å². The first-order valence-corrected chi connectivity index (χ1v) is 9.99. The lowest BCUT2D eigenvalue weighted by molar-refractivity contribution is 0.0933. The second-order valence-electron chi connectivity index (χ2n) is 6.38. The first kappa shape index (κ1) is 18.0. The van der Waals surface area contributed by atoms with Crippen molar-refractivity contribution in [1.82, 2.24) is 20.4 Å². The highest BCUT2D eigenvalue weighted by atomic mass is 32.2. The molecule has 6 heteroatoms. The number of nitrogens with zero attached hydrogens (tertiary/aromatic N) is 2. The number of thioether (sulfide) groups is 1. The van der Waals surface area contributed by atoms with Gasteiger partial charge >= 0.3 is 0 Å². The van der Waals surface area contributed by atoms with Crippen molar-refractivity contribution < 1.29 is 4.79 Å². The third-order valence-electron chi connectivity index (χ3n) is 4.51. The third-order valence-corrected chi connectivity index (χ3v) is 5.68. The van der Waals surface area contributed by atoms with Crippen LogP contribution in [0.3, 0.4) is 0 Å². The van der Waals surface area contributed by atoms with Gasteiger partial charge in [0.2, 0.25) is 0 Å². The smallest absolute Gasteiger partial charge is 0.272 e. The maximum Gasteiger partial charge on any atom is 0.272 e. The summed E-state index contributed by atoms with van der Waals surface area (Å²) in [6.07, 6.45) is 5.09. The third kappa shape index (κ3) is 5.09. The Morgan fingerprint density at radius 1 is 1.40 bits per heavy atom. The fourth-order valence-electron chi connectivity index (χ4n) is 2.96. The van der Waals surface area contributed by atoms with Crippen LogP contribution in [-0.2, 0) is 0 Å². The fourth-order valence-corrected chi connectivity index (χ4v) is 4.02. The molecular weight excluding hydrogens is 332 g/mol. The zero-order chi connectivity index (χ0) is 17.5. The van der Waals surface area contributed by atoms with Gasteiger partial charge < -0.3 is 10.6 Å². The van der Waals surface area contributed by atoms with Crippen molar-refractivity contribution in [3.8, 4) is 0 Å². The molecule has 25 heavy (non-hydrogen) atoms. The molecule has 0 saturated carbocycles. The summed E-state index contributed by atoms with van der Waals surface area (Å²) >= 11 is 1.77. The summed E-state index contributed by atoms with van der Waals surface area (Å²) in [6, 6.07) is 12.6. The van der Waals surface area contributed by atoms with E-state index in [0.29, 0.717) is 11.7 Å². The Morgan fingerprint density at radius 3 is 2.96 bits per heavy atom. The van der Waals surface area contributed by atoms with Crippen LogP contribution in [0.5, 0.6) is 0 Å². The van der Waals surface area contributed by atoms with Crippen LogP contribution in [0, 0.1) is 0 Å². The predicted molar refractivity (Wildman–Crippen MR) is 102 cm³/mol. The number of carbonyl (C=O) groups excluding carboxylic acids is 1. The lowest BCUT2D eigenvalue weighted by Gasteiger charge is -2.23. The van der Waals surface area contributed by atoms with E-state index in [1.54, 1.807) is 11.8 Å². The van der Waals surface area contributed by atoms with Crippen LogP contribution in [0.25, 0.3) is 0 Å². The first-order valence-electron chi connectivity index (χ1n) is 9.01. The van der Waals surface area contributed by atoms with E-state index in [-0.39, 0.29) is 11.9 Å². The monoisotopic (exact) mass is 358 g/mol. The first-order chi connectivity index (χ1) is 12.3. The minimum atomic E-state index is -0.0805. The Labute approximate surface area is 153 Å². The van der Waals surface area contributed by atoms with E-state index >= 15 is 0 Å². The van der Waals surface area contributed by atoms with Crippen molar-refractivity contribution in [3.05, 3.63) is 48.3 Å². The molecule has 1 aromatic carbocycles. The molecule has 3 rings (SSSR count). The zero-order valence-electron chi connectivity index (χ0n) is 14.6. The van der Waals surface area contributed by atoms with Crippen LogP contribution in [0.1, 0.15) is 42.7 Å². The van der Waals surface area contributed by atoms with Gasteiger partial charge in [-0.05, 0) is 44.0 Å². The minimum absolute atomic E-state index is 0.0805. The fraction of sp³-hybridized carbons (Fsp3) is 0.474. The van der Waals surface area contributed by atoms with Crippen molar-refractivity contribution in [2.45, 2.75) is 43.2 Å². The average Bonchev–Trinajstić information content (AvgIpc) is 3.17. The lowest BCUT2D eigenvalue weighted by Crippen LogP contribution is -2.36. The maximum absolute atomic E-state index is 12.5. The second-order valence-corrected chi connectivity index (χ2v) is 7.48. The number of hydrogen-bond acceptors (Lipinski definition) is 4. The minimum Gasteiger partial charge on any atom is -0.347 e. The van der Waals surface area contributed by atoms with Gasteiger partial charge in [0.1, 0.15) is 5.69 Å². The molecule has 0 bridgehead atoms. The summed E-state index contributed by atoms with van der Waals surface area (Å²) in [7, 11) is 0. The molecule has 1 fully saturated rings. The van der Waals surface area contributed by atoms with Gasteiger partial charge in [0.05, 0.1) is 6.04 Å². The lowest BCUT2D eigenvalue weighted by atomic mass is 10.1. The van der Waals surface area contributed by atoms with E-state index < -0.39 is 0 Å². The Morgan fingerprint density at radius 2 is 2.24 bits per heavy atom. The summed E-state index contributed by atoms with van der Waals surface area (Å²) in [5, 5.41) is 11.0. The Hall–Kier alpha value is -1.79.